The van der Waals surface area contributed by atoms with Crippen molar-refractivity contribution in [3.8, 4) is 5.75 Å². The highest BCUT2D eigenvalue weighted by atomic mass is 16.5. The molecule has 1 aromatic carbocycles. The fourth-order valence-corrected chi connectivity index (χ4v) is 2.64. The molecule has 0 radical (unpaired) electrons. The highest BCUT2D eigenvalue weighted by Crippen LogP contribution is 2.36. The first-order valence-electron chi connectivity index (χ1n) is 6.80. The van der Waals surface area contributed by atoms with Crippen LogP contribution in [0.25, 0.3) is 0 Å². The molecule has 1 aromatic rings. The normalized spacial score (nSPS) is 21.7. The number of rotatable bonds is 0. The Bertz CT molecular complexity index is 542. The van der Waals surface area contributed by atoms with E-state index in [0.29, 0.717) is 0 Å². The highest BCUT2D eigenvalue weighted by molar-refractivity contribution is 6.04. The maximum atomic E-state index is 11.9. The van der Waals surface area contributed by atoms with E-state index in [2.05, 4.69) is 30.2 Å². The van der Waals surface area contributed by atoms with Crippen LogP contribution in [-0.2, 0) is 17.6 Å². The topological polar surface area (TPSA) is 41.6 Å². The molecule has 4 nitrogen and oxygen atoms in total. The van der Waals surface area contributed by atoms with Crippen molar-refractivity contribution < 1.29 is 9.53 Å². The fraction of sp³-hybridized carbons (Fsp3) is 0.500. The van der Waals surface area contributed by atoms with Crippen LogP contribution < -0.4 is 10.1 Å². The predicted octanol–water partition coefficient (Wildman–Crippen LogP) is 0.745. The summed E-state index contributed by atoms with van der Waals surface area (Å²) in [6.07, 6.45) is 2.06. The summed E-state index contributed by atoms with van der Waals surface area (Å²) in [5, 5.41) is 2.95. The van der Waals surface area contributed by atoms with E-state index >= 15 is 0 Å². The second kappa shape index (κ2) is 4.27. The first-order chi connectivity index (χ1) is 8.95. The predicted molar refractivity (Wildman–Crippen MR) is 77.3 cm³/mol. The van der Waals surface area contributed by atoms with Crippen molar-refractivity contribution in [3.05, 3.63) is 23.3 Å². The fourth-order valence-electron chi connectivity index (χ4n) is 2.64. The zero-order valence-electron chi connectivity index (χ0n) is 11.7. The second-order valence-electron chi connectivity index (χ2n) is 5.99. The number of amides is 1. The summed E-state index contributed by atoms with van der Waals surface area (Å²) in [4.78, 5) is 14.3. The summed E-state index contributed by atoms with van der Waals surface area (Å²) in [5.74, 6) is 0.721. The van der Waals surface area contributed by atoms with Crippen LogP contribution >= 0.6 is 0 Å². The van der Waals surface area contributed by atoms with Crippen LogP contribution in [0.4, 0.5) is 5.69 Å². The van der Waals surface area contributed by atoms with Gasteiger partial charge in [0.25, 0.3) is 5.91 Å². The van der Waals surface area contributed by atoms with Gasteiger partial charge in [0.2, 0.25) is 0 Å². The molecule has 0 aliphatic carbocycles. The summed E-state index contributed by atoms with van der Waals surface area (Å²) in [6, 6.07) is 4.18. The number of nitrogens with zero attached hydrogens (tertiary/aromatic N) is 1. The molecule has 19 heavy (non-hydrogen) atoms. The number of ether oxygens (including phenoxy) is 1. The summed E-state index contributed by atoms with van der Waals surface area (Å²) >= 11 is 0. The zero-order valence-corrected chi connectivity index (χ0v) is 11.7. The first kappa shape index (κ1) is 12.5. The summed E-state index contributed by atoms with van der Waals surface area (Å²) < 4.78 is 5.84. The Morgan fingerprint density at radius 3 is 2.58 bits per heavy atom. The Hall–Kier alpha value is -1.49. The second-order valence-corrected chi connectivity index (χ2v) is 5.99. The van der Waals surface area contributed by atoms with E-state index in [1.165, 1.54) is 11.1 Å². The molecule has 0 unspecified atom stereocenters. The Kier molecular flexibility index (Phi) is 2.82. The number of hydrogen-bond donors (Lipinski definition) is 1. The minimum atomic E-state index is -0.789. The van der Waals surface area contributed by atoms with Crippen molar-refractivity contribution in [2.75, 3.05) is 18.4 Å². The molecular formula is C14H19BN2O2. The smallest absolute Gasteiger partial charge is 0.268 e. The molecule has 3 rings (SSSR count). The largest absolute Gasteiger partial charge is 0.476 e. The molecule has 0 fully saturated rings. The number of carbonyl (C=O) groups is 1. The maximum absolute atomic E-state index is 11.9. The van der Waals surface area contributed by atoms with Gasteiger partial charge in [-0.3, -0.25) is 4.79 Å². The van der Waals surface area contributed by atoms with E-state index in [9.17, 15) is 4.79 Å². The first-order valence-corrected chi connectivity index (χ1v) is 6.80. The number of benzene rings is 1. The number of nitrogens with one attached hydrogen (secondary N) is 1. The van der Waals surface area contributed by atoms with Crippen LogP contribution in [0.1, 0.15) is 25.0 Å². The zero-order chi connectivity index (χ0) is 13.6. The van der Waals surface area contributed by atoms with E-state index < -0.39 is 5.60 Å². The third-order valence-corrected chi connectivity index (χ3v) is 3.99. The molecule has 1 N–H and O–H groups in total. The van der Waals surface area contributed by atoms with Crippen molar-refractivity contribution >= 4 is 19.6 Å². The van der Waals surface area contributed by atoms with E-state index in [-0.39, 0.29) is 5.91 Å². The number of fused-ring (bicyclic) bond motifs is 2. The van der Waals surface area contributed by atoms with Gasteiger partial charge < -0.3 is 14.9 Å². The molecule has 0 aromatic heterocycles. The molecule has 2 aliphatic heterocycles. The van der Waals surface area contributed by atoms with Gasteiger partial charge in [0, 0.05) is 0 Å². The molecule has 5 heteroatoms. The van der Waals surface area contributed by atoms with Gasteiger partial charge in [-0.1, -0.05) is 0 Å². The van der Waals surface area contributed by atoms with Gasteiger partial charge in [0.05, 0.1) is 5.69 Å². The lowest BCUT2D eigenvalue weighted by atomic mass is 9.99. The highest BCUT2D eigenvalue weighted by Gasteiger charge is 2.35. The lowest BCUT2D eigenvalue weighted by Crippen LogP contribution is -2.45. The number of hydrogen-bond acceptors (Lipinski definition) is 3. The van der Waals surface area contributed by atoms with Crippen LogP contribution in [0.5, 0.6) is 5.75 Å². The monoisotopic (exact) mass is 258 g/mol. The molecule has 0 saturated heterocycles. The average Bonchev–Trinajstić information content (AvgIpc) is 2.51. The van der Waals surface area contributed by atoms with Crippen molar-refractivity contribution in [2.45, 2.75) is 32.3 Å². The molecule has 1 amide bonds. The minimum Gasteiger partial charge on any atom is -0.476 e. The molecule has 2 aliphatic rings. The van der Waals surface area contributed by atoms with Gasteiger partial charge in [-0.25, -0.2) is 0 Å². The van der Waals surface area contributed by atoms with Gasteiger partial charge in [-0.2, -0.15) is 0 Å². The van der Waals surface area contributed by atoms with Gasteiger partial charge in [0.15, 0.2) is 13.6 Å². The minimum absolute atomic E-state index is 0.0781. The standard InChI is InChI=1S/C14H19BN2O2/c1-14(2)13(18)16-11-7-9-3-5-17(15)6-4-10(9)8-12(11)19-14/h7-8H,3-6,15H2,1-2H3,(H,16,18). The van der Waals surface area contributed by atoms with Crippen LogP contribution in [0.2, 0.25) is 0 Å². The van der Waals surface area contributed by atoms with Crippen molar-refractivity contribution in [1.29, 1.82) is 0 Å². The van der Waals surface area contributed by atoms with E-state index in [1.807, 2.05) is 0 Å². The van der Waals surface area contributed by atoms with Crippen LogP contribution in [0.3, 0.4) is 0 Å². The summed E-state index contributed by atoms with van der Waals surface area (Å²) in [6.45, 7) is 5.73. The van der Waals surface area contributed by atoms with E-state index in [0.717, 1.165) is 37.4 Å². The molecule has 2 heterocycles. The Morgan fingerprint density at radius 1 is 1.26 bits per heavy atom. The number of carbonyl (C=O) groups excluding carboxylic acids is 1. The SMILES string of the molecule is BN1CCc2cc3c(cc2CC1)OC(C)(C)C(=O)N3. The Morgan fingerprint density at radius 2 is 1.89 bits per heavy atom. The van der Waals surface area contributed by atoms with Crippen LogP contribution in [0.15, 0.2) is 12.1 Å². The third-order valence-electron chi connectivity index (χ3n) is 3.99. The molecule has 0 bridgehead atoms. The molecule has 100 valence electrons. The lowest BCUT2D eigenvalue weighted by Gasteiger charge is -2.32. The van der Waals surface area contributed by atoms with Crippen molar-refractivity contribution in [1.82, 2.24) is 4.81 Å². The van der Waals surface area contributed by atoms with Crippen LogP contribution in [0, 0.1) is 0 Å². The van der Waals surface area contributed by atoms with Crippen molar-refractivity contribution in [2.24, 2.45) is 0 Å². The van der Waals surface area contributed by atoms with E-state index in [4.69, 9.17) is 4.74 Å². The summed E-state index contributed by atoms with van der Waals surface area (Å²) in [7, 11) is 2.15. The third kappa shape index (κ3) is 2.23. The quantitative estimate of drug-likeness (QED) is 0.698. The molecule has 0 spiro atoms. The molecule has 0 saturated carbocycles. The van der Waals surface area contributed by atoms with Crippen LogP contribution in [-0.4, -0.2) is 37.4 Å². The van der Waals surface area contributed by atoms with E-state index in [1.54, 1.807) is 13.8 Å². The van der Waals surface area contributed by atoms with Gasteiger partial charge in [-0.15, -0.1) is 0 Å². The van der Waals surface area contributed by atoms with Gasteiger partial charge >= 0.3 is 0 Å². The molecular weight excluding hydrogens is 239 g/mol. The Labute approximate surface area is 114 Å². The lowest BCUT2D eigenvalue weighted by molar-refractivity contribution is -0.129. The maximum Gasteiger partial charge on any atom is 0.268 e. The van der Waals surface area contributed by atoms with Gasteiger partial charge in [-0.05, 0) is 63.0 Å². The van der Waals surface area contributed by atoms with Gasteiger partial charge in [0.1, 0.15) is 5.75 Å². The van der Waals surface area contributed by atoms with Crippen molar-refractivity contribution in [3.63, 3.8) is 0 Å². The number of anilines is 1. The average molecular weight is 258 g/mol. The molecule has 0 atom stereocenters. The summed E-state index contributed by atoms with van der Waals surface area (Å²) in [5.41, 5.74) is 2.69. The Balaban J connectivity index is 2.00.